The van der Waals surface area contributed by atoms with Gasteiger partial charge in [0.1, 0.15) is 0 Å². The van der Waals surface area contributed by atoms with Crippen LogP contribution in [0.15, 0.2) is 0 Å². The second-order valence-corrected chi connectivity index (χ2v) is 6.49. The quantitative estimate of drug-likeness (QED) is 0.837. The predicted octanol–water partition coefficient (Wildman–Crippen LogP) is 2.60. The lowest BCUT2D eigenvalue weighted by Crippen LogP contribution is -2.55. The van der Waals surface area contributed by atoms with E-state index >= 15 is 0 Å². The monoisotopic (exact) mass is 292 g/mol. The van der Waals surface area contributed by atoms with Gasteiger partial charge in [0, 0.05) is 12.5 Å². The molecule has 0 aromatic heterocycles. The van der Waals surface area contributed by atoms with Crippen molar-refractivity contribution in [3.8, 4) is 0 Å². The molecule has 2 fully saturated rings. The minimum atomic E-state index is -4.19. The molecule has 0 bridgehead atoms. The van der Waals surface area contributed by atoms with Crippen LogP contribution in [0, 0.1) is 17.8 Å². The van der Waals surface area contributed by atoms with E-state index in [0.717, 1.165) is 12.8 Å². The largest absolute Gasteiger partial charge is 0.391 e. The molecule has 1 amide bonds. The van der Waals surface area contributed by atoms with Gasteiger partial charge >= 0.3 is 6.18 Å². The van der Waals surface area contributed by atoms with E-state index in [4.69, 9.17) is 5.73 Å². The third-order valence-electron chi connectivity index (χ3n) is 4.82. The third-order valence-corrected chi connectivity index (χ3v) is 4.82. The van der Waals surface area contributed by atoms with Crippen LogP contribution < -0.4 is 11.1 Å². The minimum Gasteiger partial charge on any atom is -0.349 e. The first-order valence-corrected chi connectivity index (χ1v) is 7.35. The highest BCUT2D eigenvalue weighted by Crippen LogP contribution is 2.42. The highest BCUT2D eigenvalue weighted by molar-refractivity contribution is 5.79. The van der Waals surface area contributed by atoms with Crippen LogP contribution in [0.4, 0.5) is 13.2 Å². The van der Waals surface area contributed by atoms with Crippen molar-refractivity contribution in [2.75, 3.05) is 6.54 Å². The minimum absolute atomic E-state index is 0.0827. The second-order valence-electron chi connectivity index (χ2n) is 6.49. The summed E-state index contributed by atoms with van der Waals surface area (Å²) < 4.78 is 38.3. The number of amides is 1. The lowest BCUT2D eigenvalue weighted by atomic mass is 9.80. The Balaban J connectivity index is 1.95. The Morgan fingerprint density at radius 2 is 1.85 bits per heavy atom. The first-order chi connectivity index (χ1) is 9.26. The van der Waals surface area contributed by atoms with E-state index in [9.17, 15) is 18.0 Å². The fraction of sp³-hybridized carbons (Fsp3) is 0.929. The number of rotatable bonds is 4. The average molecular weight is 292 g/mol. The normalized spacial score (nSPS) is 30.6. The van der Waals surface area contributed by atoms with Gasteiger partial charge in [-0.15, -0.1) is 0 Å². The zero-order valence-electron chi connectivity index (χ0n) is 11.8. The molecule has 3 nitrogen and oxygen atoms in total. The van der Waals surface area contributed by atoms with Crippen LogP contribution in [0.5, 0.6) is 0 Å². The molecule has 3 unspecified atom stereocenters. The molecular weight excluding hydrogens is 269 g/mol. The van der Waals surface area contributed by atoms with E-state index in [0.29, 0.717) is 25.3 Å². The summed E-state index contributed by atoms with van der Waals surface area (Å²) in [4.78, 5) is 12.2. The van der Waals surface area contributed by atoms with Crippen molar-refractivity contribution >= 4 is 5.91 Å². The first-order valence-electron chi connectivity index (χ1n) is 7.35. The Morgan fingerprint density at radius 1 is 1.20 bits per heavy atom. The van der Waals surface area contributed by atoms with E-state index in [1.54, 1.807) is 0 Å². The standard InChI is InChI=1S/C14H23F3N2O/c1-13(8-18,10-5-6-10)19-12(20)9-3-2-4-11(7-9)14(15,16)17/h9-11H,2-8,18H2,1H3,(H,19,20). The van der Waals surface area contributed by atoms with Gasteiger partial charge in [-0.05, 0) is 44.9 Å². The molecule has 116 valence electrons. The van der Waals surface area contributed by atoms with E-state index < -0.39 is 23.6 Å². The summed E-state index contributed by atoms with van der Waals surface area (Å²) in [7, 11) is 0. The molecule has 20 heavy (non-hydrogen) atoms. The number of carbonyl (C=O) groups is 1. The van der Waals surface area contributed by atoms with Crippen LogP contribution in [0.2, 0.25) is 0 Å². The highest BCUT2D eigenvalue weighted by atomic mass is 19.4. The van der Waals surface area contributed by atoms with Crippen molar-refractivity contribution < 1.29 is 18.0 Å². The fourth-order valence-electron chi connectivity index (χ4n) is 3.15. The molecule has 0 spiro atoms. The Kier molecular flexibility index (Phi) is 4.33. The molecule has 0 aliphatic heterocycles. The second kappa shape index (κ2) is 5.54. The van der Waals surface area contributed by atoms with Crippen LogP contribution in [0.3, 0.4) is 0 Å². The van der Waals surface area contributed by atoms with Gasteiger partial charge < -0.3 is 11.1 Å². The van der Waals surface area contributed by atoms with Crippen molar-refractivity contribution in [2.24, 2.45) is 23.5 Å². The van der Waals surface area contributed by atoms with E-state index in [1.807, 2.05) is 6.92 Å². The number of halogens is 3. The van der Waals surface area contributed by atoms with Gasteiger partial charge in [0.2, 0.25) is 5.91 Å². The summed E-state index contributed by atoms with van der Waals surface area (Å²) in [5.41, 5.74) is 5.27. The van der Waals surface area contributed by atoms with Crippen LogP contribution in [0.1, 0.15) is 45.4 Å². The summed E-state index contributed by atoms with van der Waals surface area (Å²) >= 11 is 0. The van der Waals surface area contributed by atoms with Gasteiger partial charge in [0.15, 0.2) is 0 Å². The lowest BCUT2D eigenvalue weighted by molar-refractivity contribution is -0.186. The smallest absolute Gasteiger partial charge is 0.349 e. The van der Waals surface area contributed by atoms with Gasteiger partial charge in [-0.2, -0.15) is 13.2 Å². The van der Waals surface area contributed by atoms with Crippen molar-refractivity contribution in [3.05, 3.63) is 0 Å². The van der Waals surface area contributed by atoms with Crippen LogP contribution >= 0.6 is 0 Å². The summed E-state index contributed by atoms with van der Waals surface area (Å²) in [6.07, 6.45) is -1.06. The first kappa shape index (κ1) is 15.6. The third kappa shape index (κ3) is 3.45. The van der Waals surface area contributed by atoms with Gasteiger partial charge in [0.05, 0.1) is 11.5 Å². The van der Waals surface area contributed by atoms with Gasteiger partial charge in [-0.3, -0.25) is 4.79 Å². The molecule has 3 N–H and O–H groups in total. The number of nitrogens with two attached hydrogens (primary N) is 1. The molecule has 0 heterocycles. The molecule has 3 atom stereocenters. The Labute approximate surface area is 117 Å². The maximum atomic E-state index is 12.8. The topological polar surface area (TPSA) is 55.1 Å². The van der Waals surface area contributed by atoms with Crippen LogP contribution in [0.25, 0.3) is 0 Å². The van der Waals surface area contributed by atoms with Crippen LogP contribution in [-0.2, 0) is 4.79 Å². The maximum absolute atomic E-state index is 12.8. The molecule has 0 aromatic carbocycles. The number of nitrogens with one attached hydrogen (secondary N) is 1. The van der Waals surface area contributed by atoms with Gasteiger partial charge in [-0.25, -0.2) is 0 Å². The number of hydrogen-bond donors (Lipinski definition) is 2. The van der Waals surface area contributed by atoms with Crippen molar-refractivity contribution in [1.82, 2.24) is 5.32 Å². The zero-order valence-corrected chi connectivity index (χ0v) is 11.8. The number of carbonyl (C=O) groups excluding carboxylic acids is 1. The molecule has 2 rings (SSSR count). The lowest BCUT2D eigenvalue weighted by Gasteiger charge is -2.34. The molecule has 6 heteroatoms. The molecular formula is C14H23F3N2O. The summed E-state index contributed by atoms with van der Waals surface area (Å²) in [6.45, 7) is 2.23. The molecule has 0 saturated heterocycles. The summed E-state index contributed by atoms with van der Waals surface area (Å²) in [5, 5.41) is 2.92. The molecule has 2 saturated carbocycles. The van der Waals surface area contributed by atoms with Gasteiger partial charge in [-0.1, -0.05) is 6.42 Å². The fourth-order valence-corrected chi connectivity index (χ4v) is 3.15. The van der Waals surface area contributed by atoms with Gasteiger partial charge in [0.25, 0.3) is 0 Å². The van der Waals surface area contributed by atoms with Crippen molar-refractivity contribution in [3.63, 3.8) is 0 Å². The molecule has 0 radical (unpaired) electrons. The van der Waals surface area contributed by atoms with E-state index in [-0.39, 0.29) is 18.7 Å². The summed E-state index contributed by atoms with van der Waals surface area (Å²) in [5.74, 6) is -1.74. The maximum Gasteiger partial charge on any atom is 0.391 e. The Bertz CT molecular complexity index is 368. The van der Waals surface area contributed by atoms with E-state index in [2.05, 4.69) is 5.32 Å². The predicted molar refractivity (Wildman–Crippen MR) is 69.8 cm³/mol. The van der Waals surface area contributed by atoms with Crippen molar-refractivity contribution in [1.29, 1.82) is 0 Å². The Morgan fingerprint density at radius 3 is 2.35 bits per heavy atom. The van der Waals surface area contributed by atoms with E-state index in [1.165, 1.54) is 0 Å². The highest BCUT2D eigenvalue weighted by Gasteiger charge is 2.46. The average Bonchev–Trinajstić information content (AvgIpc) is 3.22. The zero-order chi connectivity index (χ0) is 15.0. The molecule has 0 aromatic rings. The summed E-state index contributed by atoms with van der Waals surface area (Å²) in [6, 6.07) is 0. The number of alkyl halides is 3. The SMILES string of the molecule is CC(CN)(NC(=O)C1CCCC(C(F)(F)F)C1)C1CC1. The van der Waals surface area contributed by atoms with Crippen LogP contribution in [-0.4, -0.2) is 24.2 Å². The van der Waals surface area contributed by atoms with Crippen molar-refractivity contribution in [2.45, 2.75) is 57.2 Å². The molecule has 2 aliphatic rings. The Hall–Kier alpha value is -0.780. The number of hydrogen-bond acceptors (Lipinski definition) is 2. The molecule has 2 aliphatic carbocycles.